The average molecular weight is 377 g/mol. The van der Waals surface area contributed by atoms with Gasteiger partial charge in [-0.3, -0.25) is 4.79 Å². The fraction of sp³-hybridized carbons (Fsp3) is 0.250. The second-order valence-corrected chi connectivity index (χ2v) is 6.44. The molecule has 0 aliphatic heterocycles. The van der Waals surface area contributed by atoms with Gasteiger partial charge in [0, 0.05) is 23.2 Å². The van der Waals surface area contributed by atoms with Crippen molar-refractivity contribution in [3.8, 4) is 5.75 Å². The second-order valence-electron chi connectivity index (χ2n) is 6.00. The Morgan fingerprint density at radius 2 is 2.08 bits per heavy atom. The molecule has 1 atom stereocenters. The smallest absolute Gasteiger partial charge is 0.244 e. The van der Waals surface area contributed by atoms with Crippen molar-refractivity contribution in [3.05, 3.63) is 70.5 Å². The van der Waals surface area contributed by atoms with Crippen molar-refractivity contribution < 1.29 is 13.9 Å². The maximum absolute atomic E-state index is 13.5. The summed E-state index contributed by atoms with van der Waals surface area (Å²) in [6, 6.07) is 11.4. The predicted molar refractivity (Wildman–Crippen MR) is 103 cm³/mol. The van der Waals surface area contributed by atoms with Crippen molar-refractivity contribution in [1.82, 2.24) is 10.2 Å². The zero-order chi connectivity index (χ0) is 19.1. The first-order chi connectivity index (χ1) is 12.4. The molecule has 0 aromatic heterocycles. The summed E-state index contributed by atoms with van der Waals surface area (Å²) in [5.74, 6) is 0.0771. The average Bonchev–Trinajstić information content (AvgIpc) is 2.60. The highest BCUT2D eigenvalue weighted by molar-refractivity contribution is 6.30. The van der Waals surface area contributed by atoms with E-state index in [2.05, 4.69) is 5.32 Å². The minimum absolute atomic E-state index is 0.135. The zero-order valence-corrected chi connectivity index (χ0v) is 15.8. The molecule has 0 saturated carbocycles. The van der Waals surface area contributed by atoms with Crippen molar-refractivity contribution in [2.75, 3.05) is 27.7 Å². The molecular formula is C20H22ClFN2O2. The fourth-order valence-corrected chi connectivity index (χ4v) is 2.75. The van der Waals surface area contributed by atoms with Gasteiger partial charge in [0.25, 0.3) is 0 Å². The van der Waals surface area contributed by atoms with Crippen LogP contribution in [0.4, 0.5) is 4.39 Å². The summed E-state index contributed by atoms with van der Waals surface area (Å²) in [7, 11) is 5.32. The lowest BCUT2D eigenvalue weighted by atomic mass is 10.1. The summed E-state index contributed by atoms with van der Waals surface area (Å²) in [5, 5.41) is 3.40. The van der Waals surface area contributed by atoms with Crippen molar-refractivity contribution in [1.29, 1.82) is 0 Å². The van der Waals surface area contributed by atoms with E-state index in [0.717, 1.165) is 5.56 Å². The lowest BCUT2D eigenvalue weighted by Crippen LogP contribution is -2.33. The van der Waals surface area contributed by atoms with Crippen LogP contribution in [0, 0.1) is 5.82 Å². The Morgan fingerprint density at radius 3 is 2.73 bits per heavy atom. The van der Waals surface area contributed by atoms with E-state index in [1.54, 1.807) is 37.5 Å². The van der Waals surface area contributed by atoms with Crippen LogP contribution < -0.4 is 10.1 Å². The van der Waals surface area contributed by atoms with Gasteiger partial charge >= 0.3 is 0 Å². The largest absolute Gasteiger partial charge is 0.496 e. The van der Waals surface area contributed by atoms with E-state index in [0.29, 0.717) is 22.9 Å². The summed E-state index contributed by atoms with van der Waals surface area (Å²) < 4.78 is 18.7. The van der Waals surface area contributed by atoms with Gasteiger partial charge in [-0.25, -0.2) is 4.39 Å². The molecule has 0 aliphatic carbocycles. The van der Waals surface area contributed by atoms with E-state index in [1.165, 1.54) is 18.2 Å². The molecule has 138 valence electrons. The Hall–Kier alpha value is -2.37. The minimum atomic E-state index is -0.298. The number of carbonyl (C=O) groups excluding carboxylic acids is 1. The molecule has 26 heavy (non-hydrogen) atoms. The van der Waals surface area contributed by atoms with Crippen LogP contribution in [-0.4, -0.2) is 38.6 Å². The minimum Gasteiger partial charge on any atom is -0.496 e. The topological polar surface area (TPSA) is 41.6 Å². The molecule has 2 aromatic carbocycles. The van der Waals surface area contributed by atoms with Gasteiger partial charge in [0.05, 0.1) is 13.2 Å². The number of hydrogen-bond donors (Lipinski definition) is 1. The van der Waals surface area contributed by atoms with Crippen molar-refractivity contribution in [3.63, 3.8) is 0 Å². The molecule has 0 radical (unpaired) electrons. The molecule has 0 heterocycles. The molecule has 0 aliphatic rings. The van der Waals surface area contributed by atoms with Crippen molar-refractivity contribution >= 4 is 23.6 Å². The van der Waals surface area contributed by atoms with Crippen LogP contribution in [0.1, 0.15) is 17.2 Å². The Kier molecular flexibility index (Phi) is 7.18. The van der Waals surface area contributed by atoms with E-state index in [9.17, 15) is 9.18 Å². The number of halogens is 2. The number of nitrogens with one attached hydrogen (secondary N) is 1. The van der Waals surface area contributed by atoms with Gasteiger partial charge in [0.2, 0.25) is 5.91 Å². The zero-order valence-electron chi connectivity index (χ0n) is 15.0. The molecule has 4 nitrogen and oxygen atoms in total. The molecular weight excluding hydrogens is 355 g/mol. The summed E-state index contributed by atoms with van der Waals surface area (Å²) in [4.78, 5) is 14.1. The van der Waals surface area contributed by atoms with Crippen LogP contribution in [0.5, 0.6) is 5.75 Å². The molecule has 0 spiro atoms. The van der Waals surface area contributed by atoms with Crippen LogP contribution in [0.25, 0.3) is 6.08 Å². The van der Waals surface area contributed by atoms with Crippen molar-refractivity contribution in [2.24, 2.45) is 0 Å². The SMILES string of the molecule is COc1ccc(Cl)cc1/C=C/C(=O)NCC(c1cccc(F)c1)N(C)C. The van der Waals surface area contributed by atoms with Gasteiger partial charge in [-0.05, 0) is 56.1 Å². The van der Waals surface area contributed by atoms with Crippen LogP contribution >= 0.6 is 11.6 Å². The van der Waals surface area contributed by atoms with E-state index < -0.39 is 0 Å². The lowest BCUT2D eigenvalue weighted by molar-refractivity contribution is -0.116. The molecule has 1 unspecified atom stereocenters. The third kappa shape index (κ3) is 5.58. The van der Waals surface area contributed by atoms with Gasteiger partial charge < -0.3 is 15.0 Å². The Morgan fingerprint density at radius 1 is 1.31 bits per heavy atom. The monoisotopic (exact) mass is 376 g/mol. The number of benzene rings is 2. The van der Waals surface area contributed by atoms with Gasteiger partial charge in [0.1, 0.15) is 11.6 Å². The lowest BCUT2D eigenvalue weighted by Gasteiger charge is -2.25. The number of methoxy groups -OCH3 is 1. The van der Waals surface area contributed by atoms with E-state index in [4.69, 9.17) is 16.3 Å². The third-order valence-corrected chi connectivity index (χ3v) is 4.17. The van der Waals surface area contributed by atoms with Crippen LogP contribution in [0.3, 0.4) is 0 Å². The highest BCUT2D eigenvalue weighted by Gasteiger charge is 2.15. The van der Waals surface area contributed by atoms with Gasteiger partial charge in [0.15, 0.2) is 0 Å². The van der Waals surface area contributed by atoms with Crippen LogP contribution in [-0.2, 0) is 4.79 Å². The standard InChI is InChI=1S/C20H22ClFN2O2/c1-24(2)18(14-5-4-6-17(22)12-14)13-23-20(25)10-7-15-11-16(21)8-9-19(15)26-3/h4-12,18H,13H2,1-3H3,(H,23,25)/b10-7+. The fourth-order valence-electron chi connectivity index (χ4n) is 2.57. The molecule has 0 saturated heterocycles. The van der Waals surface area contributed by atoms with Gasteiger partial charge in [-0.2, -0.15) is 0 Å². The van der Waals surface area contributed by atoms with Crippen LogP contribution in [0.2, 0.25) is 5.02 Å². The first-order valence-corrected chi connectivity index (χ1v) is 8.50. The van der Waals surface area contributed by atoms with E-state index in [1.807, 2.05) is 25.1 Å². The molecule has 0 bridgehead atoms. The Balaban J connectivity index is 2.04. The second kappa shape index (κ2) is 9.36. The molecule has 1 amide bonds. The molecule has 2 aromatic rings. The van der Waals surface area contributed by atoms with E-state index in [-0.39, 0.29) is 17.8 Å². The third-order valence-electron chi connectivity index (χ3n) is 3.93. The summed E-state index contributed by atoms with van der Waals surface area (Å²) in [6.45, 7) is 0.353. The maximum Gasteiger partial charge on any atom is 0.244 e. The van der Waals surface area contributed by atoms with Crippen LogP contribution in [0.15, 0.2) is 48.5 Å². The predicted octanol–water partition coefficient (Wildman–Crippen LogP) is 3.92. The number of amides is 1. The number of hydrogen-bond acceptors (Lipinski definition) is 3. The Labute approximate surface area is 158 Å². The quantitative estimate of drug-likeness (QED) is 0.745. The molecule has 2 rings (SSSR count). The first kappa shape index (κ1) is 19.9. The maximum atomic E-state index is 13.5. The normalized spacial score (nSPS) is 12.4. The van der Waals surface area contributed by atoms with Gasteiger partial charge in [-0.15, -0.1) is 0 Å². The molecule has 6 heteroatoms. The number of nitrogens with zero attached hydrogens (tertiary/aromatic N) is 1. The summed E-state index contributed by atoms with van der Waals surface area (Å²) in [5.41, 5.74) is 1.51. The number of carbonyl (C=O) groups is 1. The van der Waals surface area contributed by atoms with E-state index >= 15 is 0 Å². The summed E-state index contributed by atoms with van der Waals surface area (Å²) in [6.07, 6.45) is 3.07. The summed E-state index contributed by atoms with van der Waals surface area (Å²) >= 11 is 5.98. The molecule has 0 fully saturated rings. The first-order valence-electron chi connectivity index (χ1n) is 8.12. The number of likely N-dealkylation sites (N-methyl/N-ethyl adjacent to an activating group) is 1. The number of rotatable bonds is 7. The highest BCUT2D eigenvalue weighted by atomic mass is 35.5. The number of ether oxygens (including phenoxy) is 1. The Bertz CT molecular complexity index is 793. The highest BCUT2D eigenvalue weighted by Crippen LogP contribution is 2.23. The molecule has 1 N–H and O–H groups in total. The van der Waals surface area contributed by atoms with Gasteiger partial charge in [-0.1, -0.05) is 23.7 Å². The van der Waals surface area contributed by atoms with Crippen molar-refractivity contribution in [2.45, 2.75) is 6.04 Å².